The Morgan fingerprint density at radius 2 is 1.79 bits per heavy atom. The van der Waals surface area contributed by atoms with Crippen LogP contribution in [-0.4, -0.2) is 58.9 Å². The molecule has 266 valence electrons. The number of nitrogens with one attached hydrogen (secondary N) is 2. The van der Waals surface area contributed by atoms with E-state index in [1.807, 2.05) is 44.2 Å². The van der Waals surface area contributed by atoms with E-state index < -0.39 is 6.10 Å². The van der Waals surface area contributed by atoms with Crippen LogP contribution in [-0.2, 0) is 16.0 Å². The number of nitrogens with zero attached hydrogens (tertiary/aromatic N) is 4. The molecule has 1 unspecified atom stereocenters. The first-order valence-electron chi connectivity index (χ1n) is 17.5. The maximum absolute atomic E-state index is 15.0. The van der Waals surface area contributed by atoms with Gasteiger partial charge in [0.1, 0.15) is 0 Å². The zero-order chi connectivity index (χ0) is 36.7. The van der Waals surface area contributed by atoms with Crippen LogP contribution in [0.15, 0.2) is 45.7 Å². The molecule has 0 saturated carbocycles. The summed E-state index contributed by atoms with van der Waals surface area (Å²) >= 11 is 7.43. The maximum atomic E-state index is 15.0. The first-order chi connectivity index (χ1) is 25.0. The monoisotopic (exact) mass is 824 g/mol. The number of methoxy groups -OCH3 is 1. The van der Waals surface area contributed by atoms with Crippen LogP contribution in [0.25, 0.3) is 60.7 Å². The number of aromatic nitrogens is 6. The Bertz CT molecular complexity index is 2740. The van der Waals surface area contributed by atoms with Gasteiger partial charge in [0.05, 0.1) is 56.5 Å². The fourth-order valence-electron chi connectivity index (χ4n) is 8.30. The van der Waals surface area contributed by atoms with E-state index in [1.54, 1.807) is 4.40 Å². The lowest BCUT2D eigenvalue weighted by atomic mass is 9.86. The van der Waals surface area contributed by atoms with E-state index in [-0.39, 0.29) is 29.8 Å². The molecule has 8 bridgehead atoms. The van der Waals surface area contributed by atoms with Crippen molar-refractivity contribution in [2.24, 2.45) is 0 Å². The van der Waals surface area contributed by atoms with E-state index in [1.165, 1.54) is 7.11 Å². The summed E-state index contributed by atoms with van der Waals surface area (Å²) in [7, 11) is 1.39. The van der Waals surface area contributed by atoms with Crippen molar-refractivity contribution in [3.63, 3.8) is 0 Å². The Hall–Kier alpha value is -4.39. The van der Waals surface area contributed by atoms with Crippen molar-refractivity contribution >= 4 is 98.5 Å². The maximum Gasteiger partial charge on any atom is 0.305 e. The number of fused-ring (bicyclic) bond motifs is 12. The van der Waals surface area contributed by atoms with Crippen molar-refractivity contribution in [2.45, 2.75) is 71.8 Å². The summed E-state index contributed by atoms with van der Waals surface area (Å²) in [6, 6.07) is 11.8. The zero-order valence-electron chi connectivity index (χ0n) is 29.7. The lowest BCUT2D eigenvalue weighted by Gasteiger charge is -2.17. The number of para-hydroxylation sites is 2. The number of alkyl halides is 1. The van der Waals surface area contributed by atoms with Crippen LogP contribution >= 0.6 is 31.9 Å². The standard InChI is InChI=1S/C40H38Br2N6O4/c1-7-21-17(2)24-15-27-31(29(49)16-41)20(5)36(45-27)34(42)35-18(3)22(12-13-30(50)52-6)37(47-35)33-38-32(19(4)25(44-38)14-26(21)43-24)39-46-23-10-8-9-11-28(23)48(39)40(33)51/h8-11,14-15,18,22,29,43,47,49H,7,12-13,16H2,1-6H3/t18-,22-,29?/m0/s1. The highest BCUT2D eigenvalue weighted by Crippen LogP contribution is 2.47. The van der Waals surface area contributed by atoms with Crippen LogP contribution < -0.4 is 5.56 Å². The average Bonchev–Trinajstić information content (AvgIpc) is 3.91. The number of rotatable bonds is 6. The van der Waals surface area contributed by atoms with Crippen molar-refractivity contribution < 1.29 is 14.6 Å². The highest BCUT2D eigenvalue weighted by molar-refractivity contribution is 9.10. The van der Waals surface area contributed by atoms with E-state index in [9.17, 15) is 9.90 Å². The number of ether oxygens (including phenoxy) is 1. The average molecular weight is 827 g/mol. The number of carbonyl (C=O) groups excluding carboxylic acids is 1. The van der Waals surface area contributed by atoms with Crippen molar-refractivity contribution in [2.75, 3.05) is 12.4 Å². The van der Waals surface area contributed by atoms with E-state index in [0.717, 1.165) is 71.9 Å². The second-order valence-electron chi connectivity index (χ2n) is 13.8. The Morgan fingerprint density at radius 3 is 2.52 bits per heavy atom. The van der Waals surface area contributed by atoms with E-state index in [2.05, 4.69) is 68.7 Å². The summed E-state index contributed by atoms with van der Waals surface area (Å²) in [5, 5.41) is 12.9. The molecule has 12 heteroatoms. The van der Waals surface area contributed by atoms with Gasteiger partial charge in [0.2, 0.25) is 0 Å². The summed E-state index contributed by atoms with van der Waals surface area (Å²) in [4.78, 5) is 50.3. The summed E-state index contributed by atoms with van der Waals surface area (Å²) in [5.74, 6) is -0.749. The lowest BCUT2D eigenvalue weighted by Crippen LogP contribution is -2.16. The number of hydrogen-bond donors (Lipinski definition) is 3. The number of aliphatic hydroxyl groups is 1. The van der Waals surface area contributed by atoms with Gasteiger partial charge in [-0.2, -0.15) is 0 Å². The molecule has 10 nitrogen and oxygen atoms in total. The van der Waals surface area contributed by atoms with Crippen LogP contribution in [0.3, 0.4) is 0 Å². The SMILES string of the molecule is CCc1c(C)c2cc3nc(c(Br)c4[nH]c(c5c(=O)n6c7ccccc7nc6c6c(C)c(cc1[nH]2)nc56)[C@@H](CCC(=O)OC)[C@@H]4C)C(C)=C3C(O)CBr. The molecule has 3 atom stereocenters. The van der Waals surface area contributed by atoms with Crippen LogP contribution in [0, 0.1) is 13.8 Å². The smallest absolute Gasteiger partial charge is 0.305 e. The van der Waals surface area contributed by atoms with Gasteiger partial charge in [-0.1, -0.05) is 41.9 Å². The molecule has 0 saturated heterocycles. The Morgan fingerprint density at radius 1 is 1.02 bits per heavy atom. The molecule has 2 aliphatic rings. The Kier molecular flexibility index (Phi) is 8.62. The number of aliphatic hydroxyl groups excluding tert-OH is 1. The van der Waals surface area contributed by atoms with E-state index >= 15 is 4.79 Å². The van der Waals surface area contributed by atoms with Crippen LogP contribution in [0.1, 0.15) is 84.9 Å². The first kappa shape index (κ1) is 34.7. The minimum Gasteiger partial charge on any atom is -0.469 e. The van der Waals surface area contributed by atoms with Gasteiger partial charge in [0.15, 0.2) is 5.65 Å². The van der Waals surface area contributed by atoms with Gasteiger partial charge in [0, 0.05) is 57.0 Å². The van der Waals surface area contributed by atoms with Crippen LogP contribution in [0.2, 0.25) is 0 Å². The fourth-order valence-corrected chi connectivity index (χ4v) is 9.47. The number of imidazole rings is 1. The van der Waals surface area contributed by atoms with Crippen LogP contribution in [0.5, 0.6) is 0 Å². The molecular formula is C40H38Br2N6O4. The summed E-state index contributed by atoms with van der Waals surface area (Å²) in [6.45, 7) is 10.3. The number of halogens is 2. The normalized spacial score (nSPS) is 16.9. The Labute approximate surface area is 316 Å². The summed E-state index contributed by atoms with van der Waals surface area (Å²) in [5.41, 5.74) is 12.5. The van der Waals surface area contributed by atoms with Gasteiger partial charge in [0.25, 0.3) is 5.56 Å². The number of benzene rings is 1. The zero-order valence-corrected chi connectivity index (χ0v) is 32.9. The molecule has 52 heavy (non-hydrogen) atoms. The third-order valence-electron chi connectivity index (χ3n) is 11.1. The van der Waals surface area contributed by atoms with Crippen molar-refractivity contribution in [1.82, 2.24) is 29.3 Å². The third-order valence-corrected chi connectivity index (χ3v) is 12.5. The largest absolute Gasteiger partial charge is 0.469 e. The molecule has 2 aliphatic heterocycles. The molecule has 7 heterocycles. The molecule has 0 amide bonds. The number of pyridine rings is 1. The molecule has 0 spiro atoms. The van der Waals surface area contributed by atoms with Crippen molar-refractivity contribution in [3.8, 4) is 0 Å². The molecular weight excluding hydrogens is 788 g/mol. The number of esters is 1. The van der Waals surface area contributed by atoms with Gasteiger partial charge in [-0.3, -0.25) is 14.0 Å². The minimum absolute atomic E-state index is 0.163. The Balaban J connectivity index is 1.63. The van der Waals surface area contributed by atoms with Gasteiger partial charge in [-0.25, -0.2) is 15.0 Å². The molecule has 3 N–H and O–H groups in total. The van der Waals surface area contributed by atoms with Gasteiger partial charge < -0.3 is 19.8 Å². The van der Waals surface area contributed by atoms with Crippen molar-refractivity contribution in [3.05, 3.63) is 90.7 Å². The predicted molar refractivity (Wildman–Crippen MR) is 213 cm³/mol. The predicted octanol–water partition coefficient (Wildman–Crippen LogP) is 8.54. The highest BCUT2D eigenvalue weighted by atomic mass is 79.9. The van der Waals surface area contributed by atoms with Gasteiger partial charge in [-0.05, 0) is 96.1 Å². The first-order valence-corrected chi connectivity index (χ1v) is 19.4. The number of H-pyrrole nitrogens is 2. The number of carbonyl (C=O) groups is 1. The van der Waals surface area contributed by atoms with Crippen LogP contribution in [0.4, 0.5) is 0 Å². The number of allylic oxidation sites excluding steroid dienone is 1. The quantitative estimate of drug-likeness (QED) is 0.113. The van der Waals surface area contributed by atoms with E-state index in [4.69, 9.17) is 19.7 Å². The number of aromatic amines is 2. The topological polar surface area (TPSA) is 138 Å². The molecule has 1 aromatic carbocycles. The minimum atomic E-state index is -0.793. The molecule has 0 aliphatic carbocycles. The summed E-state index contributed by atoms with van der Waals surface area (Å²) < 4.78 is 7.49. The van der Waals surface area contributed by atoms with Crippen molar-refractivity contribution in [1.29, 1.82) is 0 Å². The molecule has 0 radical (unpaired) electrons. The summed E-state index contributed by atoms with van der Waals surface area (Å²) in [6.07, 6.45) is 0.594. The molecule has 0 fully saturated rings. The second-order valence-corrected chi connectivity index (χ2v) is 15.3. The highest BCUT2D eigenvalue weighted by Gasteiger charge is 2.35. The van der Waals surface area contributed by atoms with Gasteiger partial charge >= 0.3 is 5.97 Å². The van der Waals surface area contributed by atoms with E-state index in [0.29, 0.717) is 50.9 Å². The molecule has 8 rings (SSSR count). The van der Waals surface area contributed by atoms with Gasteiger partial charge in [-0.15, -0.1) is 0 Å². The molecule has 6 aromatic rings. The second kappa shape index (κ2) is 12.9. The lowest BCUT2D eigenvalue weighted by molar-refractivity contribution is -0.140. The number of aryl methyl sites for hydroxylation is 3. The fraction of sp³-hybridized carbons (Fsp3) is 0.325. The number of hydrogen-bond acceptors (Lipinski definition) is 7. The third kappa shape index (κ3) is 5.08. The molecule has 5 aromatic heterocycles.